The number of guanidine groups is 2. The van der Waals surface area contributed by atoms with Gasteiger partial charge < -0.3 is 21.3 Å². The van der Waals surface area contributed by atoms with Gasteiger partial charge in [0.15, 0.2) is 11.9 Å². The first-order valence-corrected chi connectivity index (χ1v) is 7.02. The Labute approximate surface area is 118 Å². The van der Waals surface area contributed by atoms with Crippen molar-refractivity contribution in [3.05, 3.63) is 35.4 Å². The van der Waals surface area contributed by atoms with Gasteiger partial charge in [-0.25, -0.2) is 0 Å². The summed E-state index contributed by atoms with van der Waals surface area (Å²) < 4.78 is 0. The topological polar surface area (TPSA) is 72.8 Å². The molecule has 3 rings (SSSR count). The van der Waals surface area contributed by atoms with Crippen molar-refractivity contribution in [2.75, 3.05) is 26.2 Å². The Hall–Kier alpha value is -2.24. The molecule has 4 N–H and O–H groups in total. The molecule has 0 aliphatic carbocycles. The number of rotatable bonds is 4. The molecule has 0 radical (unpaired) electrons. The molecule has 0 unspecified atom stereocenters. The zero-order valence-corrected chi connectivity index (χ0v) is 11.4. The summed E-state index contributed by atoms with van der Waals surface area (Å²) in [4.78, 5) is 8.64. The maximum absolute atomic E-state index is 4.32. The summed E-state index contributed by atoms with van der Waals surface area (Å²) in [6, 6.07) is 8.53. The van der Waals surface area contributed by atoms with E-state index in [0.29, 0.717) is 0 Å². The van der Waals surface area contributed by atoms with E-state index in [1.165, 1.54) is 11.1 Å². The normalized spacial score (nSPS) is 17.0. The number of aliphatic imine (C=N–C) groups is 2. The third-order valence-electron chi connectivity index (χ3n) is 3.26. The molecule has 106 valence electrons. The summed E-state index contributed by atoms with van der Waals surface area (Å²) >= 11 is 0. The number of hydrogen-bond donors (Lipinski definition) is 4. The molecule has 6 nitrogen and oxygen atoms in total. The van der Waals surface area contributed by atoms with Gasteiger partial charge in [-0.3, -0.25) is 9.98 Å². The van der Waals surface area contributed by atoms with Gasteiger partial charge in [0, 0.05) is 26.2 Å². The van der Waals surface area contributed by atoms with Crippen LogP contribution in [0.1, 0.15) is 11.1 Å². The molecular formula is C14H20N6. The van der Waals surface area contributed by atoms with Crippen LogP contribution in [0.5, 0.6) is 0 Å². The van der Waals surface area contributed by atoms with Gasteiger partial charge in [0.05, 0.1) is 13.1 Å². The highest BCUT2D eigenvalue weighted by molar-refractivity contribution is 5.81. The van der Waals surface area contributed by atoms with Crippen molar-refractivity contribution in [3.8, 4) is 0 Å². The molecule has 0 atom stereocenters. The van der Waals surface area contributed by atoms with Gasteiger partial charge in [0.25, 0.3) is 0 Å². The Morgan fingerprint density at radius 3 is 1.90 bits per heavy atom. The second-order valence-electron chi connectivity index (χ2n) is 4.84. The van der Waals surface area contributed by atoms with Crippen molar-refractivity contribution in [3.63, 3.8) is 0 Å². The summed E-state index contributed by atoms with van der Waals surface area (Å²) in [6.07, 6.45) is 0. The highest BCUT2D eigenvalue weighted by atomic mass is 15.2. The van der Waals surface area contributed by atoms with Crippen LogP contribution in [-0.4, -0.2) is 38.1 Å². The van der Waals surface area contributed by atoms with Gasteiger partial charge in [-0.2, -0.15) is 0 Å². The first kappa shape index (κ1) is 12.8. The van der Waals surface area contributed by atoms with Crippen LogP contribution in [0.3, 0.4) is 0 Å². The second-order valence-corrected chi connectivity index (χ2v) is 4.84. The summed E-state index contributed by atoms with van der Waals surface area (Å²) in [6.45, 7) is 5.17. The van der Waals surface area contributed by atoms with E-state index in [0.717, 1.165) is 51.2 Å². The van der Waals surface area contributed by atoms with Crippen LogP contribution in [0, 0.1) is 0 Å². The summed E-state index contributed by atoms with van der Waals surface area (Å²) in [7, 11) is 0. The van der Waals surface area contributed by atoms with Crippen molar-refractivity contribution in [1.29, 1.82) is 0 Å². The maximum atomic E-state index is 4.32. The second kappa shape index (κ2) is 6.27. The fourth-order valence-electron chi connectivity index (χ4n) is 2.25. The molecule has 0 saturated heterocycles. The lowest BCUT2D eigenvalue weighted by molar-refractivity contribution is 0.848. The van der Waals surface area contributed by atoms with E-state index in [9.17, 15) is 0 Å². The first-order valence-electron chi connectivity index (χ1n) is 7.02. The number of nitrogens with zero attached hydrogens (tertiary/aromatic N) is 2. The van der Waals surface area contributed by atoms with Gasteiger partial charge in [-0.1, -0.05) is 24.3 Å². The minimum atomic E-state index is 0.791. The fourth-order valence-corrected chi connectivity index (χ4v) is 2.25. The molecule has 2 aliphatic heterocycles. The maximum Gasteiger partial charge on any atom is 0.191 e. The zero-order valence-electron chi connectivity index (χ0n) is 11.4. The van der Waals surface area contributed by atoms with Gasteiger partial charge >= 0.3 is 0 Å². The molecule has 1 aromatic carbocycles. The number of nitrogens with one attached hydrogen (secondary N) is 4. The van der Waals surface area contributed by atoms with Crippen LogP contribution < -0.4 is 21.3 Å². The van der Waals surface area contributed by atoms with Crippen LogP contribution in [0.25, 0.3) is 0 Å². The Morgan fingerprint density at radius 2 is 1.45 bits per heavy atom. The van der Waals surface area contributed by atoms with E-state index in [-0.39, 0.29) is 0 Å². The molecule has 2 heterocycles. The van der Waals surface area contributed by atoms with Crippen LogP contribution in [0.15, 0.2) is 34.3 Å². The van der Waals surface area contributed by atoms with Gasteiger partial charge in [0.2, 0.25) is 0 Å². The minimum Gasteiger partial charge on any atom is -0.355 e. The molecule has 0 spiro atoms. The lowest BCUT2D eigenvalue weighted by Crippen LogP contribution is -2.33. The Balaban J connectivity index is 1.52. The predicted octanol–water partition coefficient (Wildman–Crippen LogP) is -0.216. The molecular weight excluding hydrogens is 252 g/mol. The fraction of sp³-hybridized carbons (Fsp3) is 0.429. The standard InChI is InChI=1S/C14H20N6/c1-2-11(9-19-13-15-4-5-16-13)8-12(3-1)10-20-14-17-6-7-18-14/h1-3,8H,4-7,9-10H2,(H2,15,16,19)(H2,17,18,20). The van der Waals surface area contributed by atoms with Crippen molar-refractivity contribution >= 4 is 11.9 Å². The highest BCUT2D eigenvalue weighted by Gasteiger charge is 2.05. The average Bonchev–Trinajstić information content (AvgIpc) is 3.17. The number of hydrogen-bond acceptors (Lipinski definition) is 6. The third kappa shape index (κ3) is 3.40. The van der Waals surface area contributed by atoms with Crippen molar-refractivity contribution < 1.29 is 0 Å². The predicted molar refractivity (Wildman–Crippen MR) is 80.7 cm³/mol. The zero-order chi connectivity index (χ0) is 13.6. The van der Waals surface area contributed by atoms with Crippen molar-refractivity contribution in [2.45, 2.75) is 13.1 Å². The number of benzene rings is 1. The molecule has 6 heteroatoms. The quantitative estimate of drug-likeness (QED) is 0.612. The molecule has 0 bridgehead atoms. The van der Waals surface area contributed by atoms with Gasteiger partial charge in [-0.15, -0.1) is 0 Å². The average molecular weight is 272 g/mol. The van der Waals surface area contributed by atoms with E-state index >= 15 is 0 Å². The summed E-state index contributed by atoms with van der Waals surface area (Å²) in [5, 5.41) is 13.0. The Kier molecular flexibility index (Phi) is 4.01. The Bertz CT molecular complexity index is 479. The monoisotopic (exact) mass is 272 g/mol. The molecule has 0 aromatic heterocycles. The summed E-state index contributed by atoms with van der Waals surface area (Å²) in [5.74, 6) is 1.80. The van der Waals surface area contributed by atoms with Crippen LogP contribution >= 0.6 is 0 Å². The van der Waals surface area contributed by atoms with Crippen molar-refractivity contribution in [2.24, 2.45) is 9.98 Å². The lowest BCUT2D eigenvalue weighted by Gasteiger charge is -2.10. The van der Waals surface area contributed by atoms with Gasteiger partial charge in [-0.05, 0) is 11.1 Å². The third-order valence-corrected chi connectivity index (χ3v) is 3.26. The van der Waals surface area contributed by atoms with Gasteiger partial charge in [0.1, 0.15) is 0 Å². The molecule has 20 heavy (non-hydrogen) atoms. The molecule has 2 aliphatic rings. The van der Waals surface area contributed by atoms with Crippen molar-refractivity contribution in [1.82, 2.24) is 21.3 Å². The van der Waals surface area contributed by atoms with Crippen LogP contribution in [0.4, 0.5) is 0 Å². The smallest absolute Gasteiger partial charge is 0.191 e. The summed E-state index contributed by atoms with van der Waals surface area (Å²) in [5.41, 5.74) is 2.50. The Morgan fingerprint density at radius 1 is 0.900 bits per heavy atom. The molecule has 0 fully saturated rings. The highest BCUT2D eigenvalue weighted by Crippen LogP contribution is 2.05. The first-order chi connectivity index (χ1) is 9.90. The largest absolute Gasteiger partial charge is 0.355 e. The molecule has 0 amide bonds. The molecule has 0 saturated carbocycles. The SMILES string of the molecule is c1cc(CNC2=NCCN2)cc(CNC2=NCCN2)c1. The lowest BCUT2D eigenvalue weighted by atomic mass is 10.1. The van der Waals surface area contributed by atoms with E-state index in [2.05, 4.69) is 55.5 Å². The van der Waals surface area contributed by atoms with Crippen LogP contribution in [0.2, 0.25) is 0 Å². The van der Waals surface area contributed by atoms with E-state index in [1.807, 2.05) is 0 Å². The van der Waals surface area contributed by atoms with E-state index in [1.54, 1.807) is 0 Å². The molecule has 1 aromatic rings. The minimum absolute atomic E-state index is 0.791. The van der Waals surface area contributed by atoms with E-state index in [4.69, 9.17) is 0 Å². The van der Waals surface area contributed by atoms with E-state index < -0.39 is 0 Å². The van der Waals surface area contributed by atoms with Crippen LogP contribution in [-0.2, 0) is 13.1 Å².